The van der Waals surface area contributed by atoms with Crippen LogP contribution in [0, 0.1) is 59.2 Å². The lowest BCUT2D eigenvalue weighted by molar-refractivity contribution is -0.166. The first-order valence-corrected chi connectivity index (χ1v) is 13.8. The molecule has 5 rings (SSSR count). The third kappa shape index (κ3) is 4.50. The fourth-order valence-electron chi connectivity index (χ4n) is 8.37. The van der Waals surface area contributed by atoms with Crippen molar-refractivity contribution in [2.75, 3.05) is 6.61 Å². The molecular formula is C28H40O9. The number of cyclic esters (lactones) is 2. The van der Waals surface area contributed by atoms with E-state index in [-0.39, 0.29) is 72.2 Å². The zero-order valence-corrected chi connectivity index (χ0v) is 22.5. The maximum absolute atomic E-state index is 13.2. The van der Waals surface area contributed by atoms with Crippen LogP contribution in [-0.4, -0.2) is 59.5 Å². The molecule has 9 nitrogen and oxygen atoms in total. The van der Waals surface area contributed by atoms with E-state index in [0.717, 1.165) is 6.42 Å². The molecule has 13 atom stereocenters. The van der Waals surface area contributed by atoms with Gasteiger partial charge in [0.15, 0.2) is 0 Å². The summed E-state index contributed by atoms with van der Waals surface area (Å²) >= 11 is 0. The molecule has 0 radical (unpaired) electrons. The van der Waals surface area contributed by atoms with E-state index in [9.17, 15) is 24.3 Å². The molecule has 2 saturated carbocycles. The predicted octanol–water partition coefficient (Wildman–Crippen LogP) is 2.52. The molecule has 0 amide bonds. The van der Waals surface area contributed by atoms with Crippen molar-refractivity contribution in [2.24, 2.45) is 59.2 Å². The number of ether oxygens (including phenoxy) is 4. The Morgan fingerprint density at radius 2 is 1.70 bits per heavy atom. The Kier molecular flexibility index (Phi) is 6.71. The second kappa shape index (κ2) is 9.33. The summed E-state index contributed by atoms with van der Waals surface area (Å²) < 4.78 is 22.5. The van der Waals surface area contributed by atoms with Crippen molar-refractivity contribution in [1.29, 1.82) is 0 Å². The molecule has 3 aliphatic heterocycles. The van der Waals surface area contributed by atoms with Gasteiger partial charge in [-0.15, -0.1) is 0 Å². The van der Waals surface area contributed by atoms with E-state index in [4.69, 9.17) is 18.9 Å². The van der Waals surface area contributed by atoms with Crippen LogP contribution in [0.5, 0.6) is 0 Å². The van der Waals surface area contributed by atoms with Crippen molar-refractivity contribution in [3.63, 3.8) is 0 Å². The van der Waals surface area contributed by atoms with Gasteiger partial charge in [0.25, 0.3) is 0 Å². The maximum Gasteiger partial charge on any atom is 0.317 e. The molecule has 1 N–H and O–H groups in total. The van der Waals surface area contributed by atoms with Crippen molar-refractivity contribution in [3.8, 4) is 0 Å². The highest BCUT2D eigenvalue weighted by atomic mass is 16.6. The lowest BCUT2D eigenvalue weighted by atomic mass is 9.57. The molecule has 13 unspecified atom stereocenters. The summed E-state index contributed by atoms with van der Waals surface area (Å²) in [7, 11) is 0. The third-order valence-corrected chi connectivity index (χ3v) is 9.64. The van der Waals surface area contributed by atoms with Gasteiger partial charge in [-0.3, -0.25) is 19.2 Å². The molecule has 9 heteroatoms. The topological polar surface area (TPSA) is 125 Å². The van der Waals surface area contributed by atoms with Crippen molar-refractivity contribution in [3.05, 3.63) is 0 Å². The number of aliphatic hydroxyl groups is 1. The Morgan fingerprint density at radius 1 is 1.00 bits per heavy atom. The van der Waals surface area contributed by atoms with Crippen molar-refractivity contribution in [1.82, 2.24) is 0 Å². The Bertz CT molecular complexity index is 967. The van der Waals surface area contributed by atoms with Gasteiger partial charge in [0, 0.05) is 0 Å². The number of carbonyl (C=O) groups is 4. The predicted molar refractivity (Wildman–Crippen MR) is 128 cm³/mol. The Labute approximate surface area is 217 Å². The number of hydrogen-bond donors (Lipinski definition) is 1. The van der Waals surface area contributed by atoms with E-state index in [1.54, 1.807) is 13.8 Å². The average molecular weight is 521 g/mol. The summed E-state index contributed by atoms with van der Waals surface area (Å²) in [6.45, 7) is 10.9. The largest absolute Gasteiger partial charge is 0.463 e. The first-order valence-electron chi connectivity index (χ1n) is 13.8. The highest BCUT2D eigenvalue weighted by Crippen LogP contribution is 2.66. The molecule has 3 heterocycles. The molecule has 2 aliphatic carbocycles. The van der Waals surface area contributed by atoms with Gasteiger partial charge >= 0.3 is 23.9 Å². The number of hydrogen-bond acceptors (Lipinski definition) is 9. The quantitative estimate of drug-likeness (QED) is 0.319. The minimum atomic E-state index is -0.745. The number of rotatable bonds is 6. The van der Waals surface area contributed by atoms with Crippen molar-refractivity contribution in [2.45, 2.75) is 84.7 Å². The highest BCUT2D eigenvalue weighted by molar-refractivity contribution is 5.96. The van der Waals surface area contributed by atoms with Crippen LogP contribution in [0.1, 0.15) is 60.8 Å². The van der Waals surface area contributed by atoms with Crippen molar-refractivity contribution < 1.29 is 43.2 Å². The van der Waals surface area contributed by atoms with E-state index in [0.29, 0.717) is 12.8 Å². The first kappa shape index (κ1) is 26.6. The third-order valence-electron chi connectivity index (χ3n) is 9.64. The van der Waals surface area contributed by atoms with Gasteiger partial charge in [-0.05, 0) is 82.5 Å². The lowest BCUT2D eigenvalue weighted by Gasteiger charge is -2.45. The molecule has 0 aromatic rings. The summed E-state index contributed by atoms with van der Waals surface area (Å²) in [4.78, 5) is 51.6. The van der Waals surface area contributed by atoms with Crippen LogP contribution < -0.4 is 0 Å². The van der Waals surface area contributed by atoms with Crippen LogP contribution in [0.15, 0.2) is 0 Å². The van der Waals surface area contributed by atoms with Gasteiger partial charge in [-0.25, -0.2) is 0 Å². The van der Waals surface area contributed by atoms with E-state index in [2.05, 4.69) is 6.92 Å². The molecular weight excluding hydrogens is 480 g/mol. The maximum atomic E-state index is 13.2. The molecule has 4 bridgehead atoms. The molecule has 3 saturated heterocycles. The summed E-state index contributed by atoms with van der Waals surface area (Å²) in [6, 6.07) is 0. The molecule has 5 fully saturated rings. The fraction of sp³-hybridized carbons (Fsp3) is 0.857. The van der Waals surface area contributed by atoms with Crippen LogP contribution in [0.2, 0.25) is 0 Å². The monoisotopic (exact) mass is 520 g/mol. The molecule has 0 aromatic carbocycles. The molecule has 206 valence electrons. The van der Waals surface area contributed by atoms with Gasteiger partial charge in [0.2, 0.25) is 0 Å². The number of carbonyl (C=O) groups excluding carboxylic acids is 4. The van der Waals surface area contributed by atoms with E-state index in [1.807, 2.05) is 20.8 Å². The number of aliphatic hydroxyl groups excluding tert-OH is 1. The molecule has 0 spiro atoms. The Hall–Kier alpha value is -2.00. The fourth-order valence-corrected chi connectivity index (χ4v) is 8.37. The van der Waals surface area contributed by atoms with Gasteiger partial charge in [-0.2, -0.15) is 0 Å². The van der Waals surface area contributed by atoms with Crippen LogP contribution in [0.25, 0.3) is 0 Å². The van der Waals surface area contributed by atoms with Gasteiger partial charge in [0.05, 0.1) is 42.0 Å². The lowest BCUT2D eigenvalue weighted by Crippen LogP contribution is -2.49. The first-order chi connectivity index (χ1) is 17.3. The van der Waals surface area contributed by atoms with E-state index < -0.39 is 41.4 Å². The average Bonchev–Trinajstić information content (AvgIpc) is 3.58. The number of esters is 4. The van der Waals surface area contributed by atoms with Gasteiger partial charge < -0.3 is 24.1 Å². The number of fused-ring (bicyclic) bond motifs is 4. The van der Waals surface area contributed by atoms with Gasteiger partial charge in [0.1, 0.15) is 12.2 Å². The Balaban J connectivity index is 1.45. The zero-order valence-electron chi connectivity index (χ0n) is 22.5. The van der Waals surface area contributed by atoms with Crippen LogP contribution >= 0.6 is 0 Å². The SMILES string of the molecule is CC(O)COC(=O)C1CC2OC1C(C1C3CC(C(=O)OC(C)(C)C)C(C3)C1C1C(=O)OC(=O)C1C)C2C. The van der Waals surface area contributed by atoms with Crippen molar-refractivity contribution >= 4 is 23.9 Å². The van der Waals surface area contributed by atoms with Gasteiger partial charge in [-0.1, -0.05) is 13.8 Å². The zero-order chi connectivity index (χ0) is 27.0. The smallest absolute Gasteiger partial charge is 0.317 e. The summed E-state index contributed by atoms with van der Waals surface area (Å²) in [6.07, 6.45) is 0.842. The molecule has 0 aromatic heterocycles. The van der Waals surface area contributed by atoms with E-state index >= 15 is 0 Å². The van der Waals surface area contributed by atoms with E-state index in [1.165, 1.54) is 0 Å². The molecule has 37 heavy (non-hydrogen) atoms. The second-order valence-corrected chi connectivity index (χ2v) is 13.1. The standard InChI is InChI=1S/C28H40O9/c1-11(29)10-34-25(31)17-9-18-12(2)19(23(17)35-18)21-14-7-15(16(8-14)26(32)37-28(4,5)6)22(21)20-13(3)24(30)36-27(20)33/h11-23,29H,7-10H2,1-6H3. The van der Waals surface area contributed by atoms with Crippen LogP contribution in [0.3, 0.4) is 0 Å². The van der Waals surface area contributed by atoms with Crippen LogP contribution in [-0.2, 0) is 38.1 Å². The summed E-state index contributed by atoms with van der Waals surface area (Å²) in [5.74, 6) is -3.56. The highest BCUT2D eigenvalue weighted by Gasteiger charge is 2.68. The normalized spacial score (nSPS) is 45.3. The molecule has 5 aliphatic rings. The second-order valence-electron chi connectivity index (χ2n) is 13.1. The summed E-state index contributed by atoms with van der Waals surface area (Å²) in [5, 5.41) is 9.56. The minimum Gasteiger partial charge on any atom is -0.463 e. The Morgan fingerprint density at radius 3 is 2.27 bits per heavy atom. The minimum absolute atomic E-state index is 0.00172. The summed E-state index contributed by atoms with van der Waals surface area (Å²) in [5.41, 5.74) is -0.615. The van der Waals surface area contributed by atoms with Crippen LogP contribution in [0.4, 0.5) is 0 Å².